The quantitative estimate of drug-likeness (QED) is 0.426. The second-order valence-electron chi connectivity index (χ2n) is 5.93. The van der Waals surface area contributed by atoms with Crippen LogP contribution in [0.25, 0.3) is 0 Å². The lowest BCUT2D eigenvalue weighted by atomic mass is 10.2. The number of nitrogens with zero attached hydrogens (tertiary/aromatic N) is 1. The van der Waals surface area contributed by atoms with Crippen molar-refractivity contribution in [2.75, 3.05) is 11.1 Å². The molecule has 9 heteroatoms. The standard InChI is InChI=1S/C20H18N2O5S2/c23-15-8-13(9-17(10-15)27-16-4-2-1-3-5-16)19(26)22-20-21-14(12-29-20)11-28-7-6-18(24)25/h1-5,8-10,12,23H,6-7,11H2,(H,24,25)(H,21,22,26). The number of thioether (sulfide) groups is 1. The van der Waals surface area contributed by atoms with Crippen molar-refractivity contribution in [3.8, 4) is 17.2 Å². The highest BCUT2D eigenvalue weighted by molar-refractivity contribution is 7.98. The van der Waals surface area contributed by atoms with Gasteiger partial charge >= 0.3 is 5.97 Å². The molecule has 29 heavy (non-hydrogen) atoms. The minimum atomic E-state index is -0.828. The third-order valence-electron chi connectivity index (χ3n) is 3.61. The van der Waals surface area contributed by atoms with Gasteiger partial charge in [-0.1, -0.05) is 18.2 Å². The highest BCUT2D eigenvalue weighted by atomic mass is 32.2. The molecule has 0 atom stereocenters. The number of rotatable bonds is 9. The fraction of sp³-hybridized carbons (Fsp3) is 0.150. The highest BCUT2D eigenvalue weighted by Gasteiger charge is 2.13. The second kappa shape index (κ2) is 9.94. The molecule has 3 rings (SSSR count). The Kier molecular flexibility index (Phi) is 7.09. The number of aromatic nitrogens is 1. The number of carboxylic acid groups (broad SMARTS) is 1. The topological polar surface area (TPSA) is 109 Å². The van der Waals surface area contributed by atoms with Crippen LogP contribution in [0.2, 0.25) is 0 Å². The Balaban J connectivity index is 1.61. The molecule has 0 unspecified atom stereocenters. The summed E-state index contributed by atoms with van der Waals surface area (Å²) in [5.41, 5.74) is 1.01. The van der Waals surface area contributed by atoms with Gasteiger partial charge in [-0.25, -0.2) is 4.98 Å². The number of amides is 1. The Labute approximate surface area is 175 Å². The van der Waals surface area contributed by atoms with Crippen molar-refractivity contribution in [3.63, 3.8) is 0 Å². The van der Waals surface area contributed by atoms with Gasteiger partial charge in [0.2, 0.25) is 0 Å². The molecule has 0 aliphatic heterocycles. The van der Waals surface area contributed by atoms with Crippen LogP contribution in [-0.2, 0) is 10.5 Å². The van der Waals surface area contributed by atoms with E-state index in [1.807, 2.05) is 23.6 Å². The Hall–Kier alpha value is -3.04. The van der Waals surface area contributed by atoms with E-state index < -0.39 is 11.9 Å². The average molecular weight is 431 g/mol. The molecule has 3 N–H and O–H groups in total. The van der Waals surface area contributed by atoms with E-state index in [1.165, 1.54) is 35.2 Å². The molecule has 150 valence electrons. The number of aromatic hydroxyl groups is 1. The predicted molar refractivity (Wildman–Crippen MR) is 113 cm³/mol. The molecule has 0 aliphatic carbocycles. The molecule has 1 heterocycles. The molecular weight excluding hydrogens is 412 g/mol. The number of phenols is 1. The third kappa shape index (κ3) is 6.51. The summed E-state index contributed by atoms with van der Waals surface area (Å²) in [7, 11) is 0. The van der Waals surface area contributed by atoms with Crippen molar-refractivity contribution in [1.29, 1.82) is 0 Å². The number of aliphatic carboxylic acids is 1. The van der Waals surface area contributed by atoms with Gasteiger partial charge in [0.1, 0.15) is 17.2 Å². The number of hydrogen-bond donors (Lipinski definition) is 3. The summed E-state index contributed by atoms with van der Waals surface area (Å²) in [5.74, 6) is 0.676. The first-order valence-corrected chi connectivity index (χ1v) is 10.7. The summed E-state index contributed by atoms with van der Waals surface area (Å²) in [4.78, 5) is 27.4. The maximum absolute atomic E-state index is 12.5. The largest absolute Gasteiger partial charge is 0.508 e. The Morgan fingerprint density at radius 1 is 1.14 bits per heavy atom. The van der Waals surface area contributed by atoms with E-state index in [0.29, 0.717) is 28.1 Å². The van der Waals surface area contributed by atoms with Gasteiger partial charge in [0, 0.05) is 28.5 Å². The molecule has 1 amide bonds. The minimum absolute atomic E-state index is 0.0850. The van der Waals surface area contributed by atoms with E-state index in [0.717, 1.165) is 5.69 Å². The SMILES string of the molecule is O=C(O)CCSCc1csc(NC(=O)c2cc(O)cc(Oc3ccccc3)c2)n1. The summed E-state index contributed by atoms with van der Waals surface area (Å²) >= 11 is 2.75. The zero-order valence-corrected chi connectivity index (χ0v) is 16.8. The average Bonchev–Trinajstić information content (AvgIpc) is 3.12. The van der Waals surface area contributed by atoms with Crippen molar-refractivity contribution in [2.24, 2.45) is 0 Å². The normalized spacial score (nSPS) is 10.5. The zero-order valence-electron chi connectivity index (χ0n) is 15.2. The van der Waals surface area contributed by atoms with Crippen LogP contribution in [0.5, 0.6) is 17.2 Å². The number of carbonyl (C=O) groups is 2. The fourth-order valence-corrected chi connectivity index (χ4v) is 3.97. The van der Waals surface area contributed by atoms with Crippen LogP contribution in [-0.4, -0.2) is 32.8 Å². The number of ether oxygens (including phenoxy) is 1. The van der Waals surface area contributed by atoms with Crippen LogP contribution in [0.3, 0.4) is 0 Å². The molecule has 3 aromatic rings. The van der Waals surface area contributed by atoms with Crippen molar-refractivity contribution in [2.45, 2.75) is 12.2 Å². The number of para-hydroxylation sites is 1. The number of phenolic OH excluding ortho intramolecular Hbond substituents is 1. The van der Waals surface area contributed by atoms with Crippen LogP contribution < -0.4 is 10.1 Å². The second-order valence-corrected chi connectivity index (χ2v) is 7.89. The molecule has 0 saturated heterocycles. The van der Waals surface area contributed by atoms with E-state index in [2.05, 4.69) is 10.3 Å². The molecule has 1 aromatic heterocycles. The number of thiazole rings is 1. The maximum Gasteiger partial charge on any atom is 0.304 e. The Morgan fingerprint density at radius 3 is 2.69 bits per heavy atom. The summed E-state index contributed by atoms with van der Waals surface area (Å²) in [6.45, 7) is 0. The van der Waals surface area contributed by atoms with Gasteiger partial charge in [-0.15, -0.1) is 11.3 Å². The lowest BCUT2D eigenvalue weighted by molar-refractivity contribution is -0.136. The van der Waals surface area contributed by atoms with E-state index in [1.54, 1.807) is 18.2 Å². The number of carbonyl (C=O) groups excluding carboxylic acids is 1. The minimum Gasteiger partial charge on any atom is -0.508 e. The van der Waals surface area contributed by atoms with Gasteiger partial charge < -0.3 is 14.9 Å². The molecule has 0 spiro atoms. The van der Waals surface area contributed by atoms with Crippen molar-refractivity contribution >= 4 is 40.1 Å². The molecular formula is C20H18N2O5S2. The molecule has 0 bridgehead atoms. The summed E-state index contributed by atoms with van der Waals surface area (Å²) in [6.07, 6.45) is 0.100. The molecule has 0 radical (unpaired) electrons. The van der Waals surface area contributed by atoms with Crippen LogP contribution in [0.4, 0.5) is 5.13 Å². The number of benzene rings is 2. The van der Waals surface area contributed by atoms with Crippen LogP contribution in [0.1, 0.15) is 22.5 Å². The first-order valence-electron chi connectivity index (χ1n) is 8.62. The van der Waals surface area contributed by atoms with Crippen molar-refractivity contribution in [3.05, 3.63) is 65.2 Å². The van der Waals surface area contributed by atoms with Crippen molar-refractivity contribution < 1.29 is 24.5 Å². The molecule has 0 fully saturated rings. The number of anilines is 1. The van der Waals surface area contributed by atoms with Gasteiger partial charge in [-0.05, 0) is 24.3 Å². The van der Waals surface area contributed by atoms with E-state index in [9.17, 15) is 14.7 Å². The van der Waals surface area contributed by atoms with E-state index in [-0.39, 0.29) is 17.7 Å². The number of nitrogens with one attached hydrogen (secondary N) is 1. The Morgan fingerprint density at radius 2 is 1.93 bits per heavy atom. The van der Waals surface area contributed by atoms with E-state index in [4.69, 9.17) is 9.84 Å². The van der Waals surface area contributed by atoms with E-state index >= 15 is 0 Å². The first kappa shape index (κ1) is 20.7. The summed E-state index contributed by atoms with van der Waals surface area (Å²) in [6, 6.07) is 13.4. The van der Waals surface area contributed by atoms with Crippen LogP contribution in [0.15, 0.2) is 53.9 Å². The Bertz CT molecular complexity index is 992. The molecule has 7 nitrogen and oxygen atoms in total. The maximum atomic E-state index is 12.5. The zero-order chi connectivity index (χ0) is 20.6. The third-order valence-corrected chi connectivity index (χ3v) is 5.41. The monoisotopic (exact) mass is 430 g/mol. The van der Waals surface area contributed by atoms with Gasteiger partial charge in [0.15, 0.2) is 5.13 Å². The van der Waals surface area contributed by atoms with Gasteiger partial charge in [0.25, 0.3) is 5.91 Å². The van der Waals surface area contributed by atoms with Gasteiger partial charge in [-0.3, -0.25) is 14.9 Å². The lowest BCUT2D eigenvalue weighted by Gasteiger charge is -2.08. The van der Waals surface area contributed by atoms with Gasteiger partial charge in [0.05, 0.1) is 12.1 Å². The van der Waals surface area contributed by atoms with Crippen LogP contribution in [0, 0.1) is 0 Å². The summed E-state index contributed by atoms with van der Waals surface area (Å²) in [5, 5.41) is 23.5. The summed E-state index contributed by atoms with van der Waals surface area (Å²) < 4.78 is 5.68. The van der Waals surface area contributed by atoms with Crippen LogP contribution >= 0.6 is 23.1 Å². The predicted octanol–water partition coefficient (Wildman–Crippen LogP) is 4.60. The molecule has 0 saturated carbocycles. The lowest BCUT2D eigenvalue weighted by Crippen LogP contribution is -2.11. The molecule has 2 aromatic carbocycles. The van der Waals surface area contributed by atoms with Gasteiger partial charge in [-0.2, -0.15) is 11.8 Å². The highest BCUT2D eigenvalue weighted by Crippen LogP contribution is 2.27. The number of carboxylic acids is 1. The number of hydrogen-bond acceptors (Lipinski definition) is 7. The smallest absolute Gasteiger partial charge is 0.304 e. The molecule has 0 aliphatic rings. The first-order chi connectivity index (χ1) is 14.0. The van der Waals surface area contributed by atoms with Crippen molar-refractivity contribution in [1.82, 2.24) is 4.98 Å². The fourth-order valence-electron chi connectivity index (χ4n) is 2.33.